The highest BCUT2D eigenvalue weighted by Crippen LogP contribution is 2.26. The molecular weight excluding hydrogens is 210 g/mol. The minimum absolute atomic E-state index is 0.0403. The van der Waals surface area contributed by atoms with Gasteiger partial charge in [-0.05, 0) is 13.0 Å². The van der Waals surface area contributed by atoms with Crippen molar-refractivity contribution in [2.24, 2.45) is 0 Å². The number of pyridine rings is 1. The van der Waals surface area contributed by atoms with E-state index in [0.717, 1.165) is 4.73 Å². The highest BCUT2D eigenvalue weighted by Gasteiger charge is 2.21. The van der Waals surface area contributed by atoms with Gasteiger partial charge in [0.25, 0.3) is 0 Å². The second kappa shape index (κ2) is 3.73. The van der Waals surface area contributed by atoms with Gasteiger partial charge in [0, 0.05) is 11.6 Å². The van der Waals surface area contributed by atoms with Crippen LogP contribution in [0.2, 0.25) is 0 Å². The zero-order chi connectivity index (χ0) is 11.7. The number of nitrogen functional groups attached to an aromatic ring is 1. The Kier molecular flexibility index (Phi) is 2.40. The van der Waals surface area contributed by atoms with Crippen molar-refractivity contribution in [3.05, 3.63) is 24.0 Å². The van der Waals surface area contributed by atoms with Gasteiger partial charge in [0.05, 0.1) is 12.8 Å². The van der Waals surface area contributed by atoms with Crippen molar-refractivity contribution >= 4 is 22.7 Å². The number of fused-ring (bicyclic) bond motifs is 1. The van der Waals surface area contributed by atoms with E-state index in [1.54, 1.807) is 13.0 Å². The molecule has 6 nitrogen and oxygen atoms in total. The first-order valence-corrected chi connectivity index (χ1v) is 4.77. The Balaban J connectivity index is 2.68. The molecule has 0 atom stereocenters. The van der Waals surface area contributed by atoms with Crippen molar-refractivity contribution in [3.8, 4) is 0 Å². The van der Waals surface area contributed by atoms with E-state index in [2.05, 4.69) is 4.98 Å². The summed E-state index contributed by atoms with van der Waals surface area (Å²) in [5.74, 6) is -0.592. The number of ether oxygens (including phenoxy) is 1. The van der Waals surface area contributed by atoms with Crippen LogP contribution in [0.5, 0.6) is 0 Å². The van der Waals surface area contributed by atoms with Crippen LogP contribution in [0.3, 0.4) is 0 Å². The quantitative estimate of drug-likeness (QED) is 0.584. The molecule has 2 aromatic heterocycles. The number of hydrogen-bond acceptors (Lipinski definition) is 5. The van der Waals surface area contributed by atoms with Gasteiger partial charge >= 0.3 is 5.97 Å². The largest absolute Gasteiger partial charge is 0.462 e. The maximum absolute atomic E-state index is 11.6. The second-order valence-electron chi connectivity index (χ2n) is 3.19. The Hall–Kier alpha value is -2.24. The van der Waals surface area contributed by atoms with Crippen molar-refractivity contribution in [1.82, 2.24) is 9.71 Å². The Bertz CT molecular complexity index is 547. The lowest BCUT2D eigenvalue weighted by molar-refractivity contribution is 0.0528. The molecule has 0 aliphatic carbocycles. The molecule has 2 rings (SSSR count). The van der Waals surface area contributed by atoms with Gasteiger partial charge in [-0.2, -0.15) is 4.73 Å². The second-order valence-corrected chi connectivity index (χ2v) is 3.19. The first-order valence-electron chi connectivity index (χ1n) is 4.77. The normalized spacial score (nSPS) is 10.6. The van der Waals surface area contributed by atoms with Crippen LogP contribution in [0, 0.1) is 0 Å². The fourth-order valence-corrected chi connectivity index (χ4v) is 1.56. The molecule has 16 heavy (non-hydrogen) atoms. The van der Waals surface area contributed by atoms with Crippen LogP contribution in [-0.2, 0) is 4.74 Å². The lowest BCUT2D eigenvalue weighted by Gasteiger charge is -2.01. The van der Waals surface area contributed by atoms with Crippen LogP contribution in [0.25, 0.3) is 10.9 Å². The average Bonchev–Trinajstić information content (AvgIpc) is 2.53. The van der Waals surface area contributed by atoms with E-state index in [9.17, 15) is 10.0 Å². The molecule has 2 aromatic rings. The smallest absolute Gasteiger partial charge is 0.342 e. The van der Waals surface area contributed by atoms with Crippen molar-refractivity contribution in [2.75, 3.05) is 12.3 Å². The Morgan fingerprint density at radius 1 is 1.69 bits per heavy atom. The Morgan fingerprint density at radius 2 is 2.44 bits per heavy atom. The fourth-order valence-electron chi connectivity index (χ4n) is 1.56. The predicted molar refractivity (Wildman–Crippen MR) is 57.3 cm³/mol. The first-order chi connectivity index (χ1) is 7.66. The molecule has 0 fully saturated rings. The summed E-state index contributed by atoms with van der Waals surface area (Å²) in [5.41, 5.74) is 6.18. The van der Waals surface area contributed by atoms with Crippen molar-refractivity contribution in [1.29, 1.82) is 0 Å². The standard InChI is InChI=1S/C10H11N3O3/c1-2-16-10(14)8-6-3-4-12-5-7(6)13(15)9(8)11/h3-5,15H,2,11H2,1H3. The third-order valence-corrected chi connectivity index (χ3v) is 2.26. The third-order valence-electron chi connectivity index (χ3n) is 2.26. The molecular formula is C10H11N3O3. The van der Waals surface area contributed by atoms with Crippen LogP contribution in [0.15, 0.2) is 18.5 Å². The summed E-state index contributed by atoms with van der Waals surface area (Å²) in [7, 11) is 0. The number of carbonyl (C=O) groups is 1. The highest BCUT2D eigenvalue weighted by atomic mass is 16.5. The number of rotatable bonds is 2. The summed E-state index contributed by atoms with van der Waals surface area (Å²) >= 11 is 0. The molecule has 0 saturated carbocycles. The average molecular weight is 221 g/mol. The maximum Gasteiger partial charge on any atom is 0.342 e. The Morgan fingerprint density at radius 3 is 3.12 bits per heavy atom. The number of esters is 1. The van der Waals surface area contributed by atoms with E-state index in [0.29, 0.717) is 10.9 Å². The van der Waals surface area contributed by atoms with E-state index in [-0.39, 0.29) is 18.0 Å². The molecule has 0 bridgehead atoms. The van der Waals surface area contributed by atoms with Crippen LogP contribution in [0.1, 0.15) is 17.3 Å². The number of carbonyl (C=O) groups excluding carboxylic acids is 1. The van der Waals surface area contributed by atoms with E-state index in [1.807, 2.05) is 0 Å². The summed E-state index contributed by atoms with van der Waals surface area (Å²) in [6, 6.07) is 1.60. The molecule has 0 aromatic carbocycles. The summed E-state index contributed by atoms with van der Waals surface area (Å²) in [5, 5.41) is 10.2. The minimum Gasteiger partial charge on any atom is -0.462 e. The molecule has 0 spiro atoms. The Labute approximate surface area is 91.2 Å². The van der Waals surface area contributed by atoms with Gasteiger partial charge in [-0.3, -0.25) is 4.98 Å². The van der Waals surface area contributed by atoms with Gasteiger partial charge in [-0.1, -0.05) is 0 Å². The van der Waals surface area contributed by atoms with Gasteiger partial charge < -0.3 is 15.7 Å². The van der Waals surface area contributed by atoms with Crippen molar-refractivity contribution < 1.29 is 14.7 Å². The molecule has 0 amide bonds. The number of aromatic nitrogens is 2. The lowest BCUT2D eigenvalue weighted by Crippen LogP contribution is -2.08. The summed E-state index contributed by atoms with van der Waals surface area (Å²) in [4.78, 5) is 15.5. The molecule has 0 aliphatic rings. The molecule has 0 unspecified atom stereocenters. The van der Waals surface area contributed by atoms with Crippen LogP contribution >= 0.6 is 0 Å². The number of anilines is 1. The van der Waals surface area contributed by atoms with E-state index in [4.69, 9.17) is 10.5 Å². The predicted octanol–water partition coefficient (Wildman–Crippen LogP) is 1.03. The van der Waals surface area contributed by atoms with Gasteiger partial charge in [-0.15, -0.1) is 0 Å². The molecule has 0 aliphatic heterocycles. The summed E-state index contributed by atoms with van der Waals surface area (Å²) in [6.45, 7) is 1.95. The molecule has 2 heterocycles. The van der Waals surface area contributed by atoms with Crippen LogP contribution in [-0.4, -0.2) is 27.5 Å². The lowest BCUT2D eigenvalue weighted by atomic mass is 10.2. The van der Waals surface area contributed by atoms with Gasteiger partial charge in [0.15, 0.2) is 5.82 Å². The van der Waals surface area contributed by atoms with E-state index >= 15 is 0 Å². The van der Waals surface area contributed by atoms with Gasteiger partial charge in [0.2, 0.25) is 0 Å². The van der Waals surface area contributed by atoms with Gasteiger partial charge in [-0.25, -0.2) is 4.79 Å². The molecule has 0 radical (unpaired) electrons. The molecule has 0 saturated heterocycles. The first kappa shape index (κ1) is 10.3. The zero-order valence-electron chi connectivity index (χ0n) is 8.67. The SMILES string of the molecule is CCOC(=O)c1c(N)n(O)c2cnccc12. The number of nitrogens with two attached hydrogens (primary N) is 1. The van der Waals surface area contributed by atoms with Crippen molar-refractivity contribution in [2.45, 2.75) is 6.92 Å². The van der Waals surface area contributed by atoms with Crippen LogP contribution < -0.4 is 5.73 Å². The summed E-state index contributed by atoms with van der Waals surface area (Å²) in [6.07, 6.45) is 2.94. The van der Waals surface area contributed by atoms with Crippen molar-refractivity contribution in [3.63, 3.8) is 0 Å². The zero-order valence-corrected chi connectivity index (χ0v) is 8.67. The van der Waals surface area contributed by atoms with E-state index < -0.39 is 5.97 Å². The molecule has 84 valence electrons. The minimum atomic E-state index is -0.552. The fraction of sp³-hybridized carbons (Fsp3) is 0.200. The van der Waals surface area contributed by atoms with Crippen LogP contribution in [0.4, 0.5) is 5.82 Å². The topological polar surface area (TPSA) is 90.4 Å². The number of nitrogens with zero attached hydrogens (tertiary/aromatic N) is 2. The molecule has 3 N–H and O–H groups in total. The van der Waals surface area contributed by atoms with E-state index in [1.165, 1.54) is 12.4 Å². The maximum atomic E-state index is 11.6. The highest BCUT2D eigenvalue weighted by molar-refractivity contribution is 6.08. The monoisotopic (exact) mass is 221 g/mol. The molecule has 6 heteroatoms. The summed E-state index contributed by atoms with van der Waals surface area (Å²) < 4.78 is 5.60. The number of hydrogen-bond donors (Lipinski definition) is 2. The van der Waals surface area contributed by atoms with Gasteiger partial charge in [0.1, 0.15) is 11.1 Å². The third kappa shape index (κ3) is 1.35.